The van der Waals surface area contributed by atoms with Crippen molar-refractivity contribution >= 4 is 11.3 Å². The van der Waals surface area contributed by atoms with Crippen molar-refractivity contribution in [3.63, 3.8) is 0 Å². The summed E-state index contributed by atoms with van der Waals surface area (Å²) in [5.74, 6) is 16.6. The van der Waals surface area contributed by atoms with Crippen LogP contribution in [0.25, 0.3) is 0 Å². The fraction of sp³-hybridized carbons (Fsp3) is 0.286. The van der Waals surface area contributed by atoms with Crippen LogP contribution < -0.4 is 0 Å². The molecular formula is C14H12O2S. The van der Waals surface area contributed by atoms with Gasteiger partial charge in [0.2, 0.25) is 0 Å². The van der Waals surface area contributed by atoms with Crippen LogP contribution in [-0.2, 0) is 0 Å². The van der Waals surface area contributed by atoms with Crippen LogP contribution >= 0.6 is 11.3 Å². The van der Waals surface area contributed by atoms with Gasteiger partial charge < -0.3 is 10.2 Å². The minimum atomic E-state index is -0.984. The standard InChI is InChI=1S/C14H12O2S/c1-2-3-4-5-6-13-9-10-14(17-13)8-7-12(16)11-15/h9-10,12,15-16H,2,11H2,1H3. The van der Waals surface area contributed by atoms with Crippen LogP contribution in [0.1, 0.15) is 23.1 Å². The Balaban J connectivity index is 2.70. The van der Waals surface area contributed by atoms with Gasteiger partial charge in [0.1, 0.15) is 6.10 Å². The quantitative estimate of drug-likeness (QED) is 0.729. The zero-order valence-electron chi connectivity index (χ0n) is 9.45. The van der Waals surface area contributed by atoms with Crippen LogP contribution in [-0.4, -0.2) is 22.9 Å². The minimum absolute atomic E-state index is 0.350. The molecule has 0 radical (unpaired) electrons. The first-order chi connectivity index (χ1) is 8.26. The van der Waals surface area contributed by atoms with Crippen molar-refractivity contribution in [1.82, 2.24) is 0 Å². The van der Waals surface area contributed by atoms with Gasteiger partial charge in [-0.15, -0.1) is 11.3 Å². The summed E-state index contributed by atoms with van der Waals surface area (Å²) in [5, 5.41) is 17.7. The van der Waals surface area contributed by atoms with E-state index in [9.17, 15) is 0 Å². The Labute approximate surface area is 105 Å². The van der Waals surface area contributed by atoms with Gasteiger partial charge in [-0.25, -0.2) is 0 Å². The van der Waals surface area contributed by atoms with Crippen LogP contribution in [0.5, 0.6) is 0 Å². The first-order valence-corrected chi connectivity index (χ1v) is 5.97. The van der Waals surface area contributed by atoms with Gasteiger partial charge in [-0.2, -0.15) is 0 Å². The largest absolute Gasteiger partial charge is 0.393 e. The SMILES string of the molecule is CCC#CC#Cc1ccc(C#CC(O)CO)s1. The lowest BCUT2D eigenvalue weighted by molar-refractivity contribution is 0.138. The van der Waals surface area contributed by atoms with E-state index >= 15 is 0 Å². The Hall–Kier alpha value is -1.70. The summed E-state index contributed by atoms with van der Waals surface area (Å²) in [4.78, 5) is 1.70. The second-order valence-corrected chi connectivity index (χ2v) is 4.12. The molecule has 0 aliphatic heterocycles. The Bertz CT molecular complexity index is 538. The van der Waals surface area contributed by atoms with Crippen LogP contribution in [0.15, 0.2) is 12.1 Å². The predicted molar refractivity (Wildman–Crippen MR) is 69.2 cm³/mol. The van der Waals surface area contributed by atoms with Gasteiger partial charge in [-0.3, -0.25) is 0 Å². The summed E-state index contributed by atoms with van der Waals surface area (Å²) in [7, 11) is 0. The molecule has 0 saturated carbocycles. The first kappa shape index (κ1) is 13.4. The maximum atomic E-state index is 9.06. The number of aliphatic hydroxyl groups is 2. The summed E-state index contributed by atoms with van der Waals surface area (Å²) in [6.07, 6.45) is -0.184. The lowest BCUT2D eigenvalue weighted by Gasteiger charge is -1.92. The van der Waals surface area contributed by atoms with E-state index in [0.29, 0.717) is 0 Å². The molecule has 1 unspecified atom stereocenters. The molecule has 1 heterocycles. The Kier molecular flexibility index (Phi) is 5.94. The van der Waals surface area contributed by atoms with Crippen molar-refractivity contribution in [3.05, 3.63) is 21.9 Å². The van der Waals surface area contributed by atoms with Crippen molar-refractivity contribution in [2.75, 3.05) is 6.61 Å². The zero-order valence-corrected chi connectivity index (χ0v) is 10.3. The smallest absolute Gasteiger partial charge is 0.138 e. The summed E-state index contributed by atoms with van der Waals surface area (Å²) in [6, 6.07) is 3.69. The van der Waals surface area contributed by atoms with E-state index in [4.69, 9.17) is 10.2 Å². The molecule has 17 heavy (non-hydrogen) atoms. The van der Waals surface area contributed by atoms with Crippen molar-refractivity contribution in [2.24, 2.45) is 0 Å². The molecule has 0 fully saturated rings. The van der Waals surface area contributed by atoms with Gasteiger partial charge in [-0.1, -0.05) is 24.7 Å². The number of thiophene rings is 1. The molecule has 0 aliphatic rings. The van der Waals surface area contributed by atoms with E-state index in [1.54, 1.807) is 0 Å². The monoisotopic (exact) mass is 244 g/mol. The highest BCUT2D eigenvalue weighted by Crippen LogP contribution is 2.13. The highest BCUT2D eigenvalue weighted by Gasteiger charge is 1.96. The Morgan fingerprint density at radius 3 is 2.59 bits per heavy atom. The lowest BCUT2D eigenvalue weighted by Crippen LogP contribution is -2.07. The molecule has 0 aromatic carbocycles. The van der Waals surface area contributed by atoms with Gasteiger partial charge in [0.25, 0.3) is 0 Å². The topological polar surface area (TPSA) is 40.5 Å². The van der Waals surface area contributed by atoms with Gasteiger partial charge in [0.05, 0.1) is 16.4 Å². The molecule has 0 spiro atoms. The van der Waals surface area contributed by atoms with Gasteiger partial charge in [0.15, 0.2) is 0 Å². The molecule has 1 atom stereocenters. The molecule has 0 aliphatic carbocycles. The van der Waals surface area contributed by atoms with Crippen molar-refractivity contribution in [1.29, 1.82) is 0 Å². The molecule has 0 amide bonds. The average Bonchev–Trinajstić information content (AvgIpc) is 2.79. The Morgan fingerprint density at radius 1 is 1.24 bits per heavy atom. The van der Waals surface area contributed by atoms with E-state index in [1.807, 2.05) is 19.1 Å². The third kappa shape index (κ3) is 5.25. The molecule has 86 valence electrons. The molecule has 0 bridgehead atoms. The fourth-order valence-corrected chi connectivity index (χ4v) is 1.62. The maximum absolute atomic E-state index is 9.06. The molecule has 1 aromatic heterocycles. The van der Waals surface area contributed by atoms with Crippen LogP contribution in [0.2, 0.25) is 0 Å². The molecular weight excluding hydrogens is 232 g/mol. The number of aliphatic hydroxyl groups excluding tert-OH is 2. The van der Waals surface area contributed by atoms with E-state index in [-0.39, 0.29) is 6.61 Å². The maximum Gasteiger partial charge on any atom is 0.138 e. The van der Waals surface area contributed by atoms with Gasteiger partial charge in [0, 0.05) is 6.42 Å². The highest BCUT2D eigenvalue weighted by molar-refractivity contribution is 7.13. The van der Waals surface area contributed by atoms with E-state index in [2.05, 4.69) is 35.5 Å². The van der Waals surface area contributed by atoms with E-state index < -0.39 is 6.10 Å². The van der Waals surface area contributed by atoms with Crippen molar-refractivity contribution < 1.29 is 10.2 Å². The minimum Gasteiger partial charge on any atom is -0.393 e. The van der Waals surface area contributed by atoms with E-state index in [1.165, 1.54) is 11.3 Å². The summed E-state index contributed by atoms with van der Waals surface area (Å²) >= 11 is 1.44. The lowest BCUT2D eigenvalue weighted by atomic mass is 10.3. The molecule has 0 saturated heterocycles. The Morgan fingerprint density at radius 2 is 1.94 bits per heavy atom. The van der Waals surface area contributed by atoms with Crippen LogP contribution in [0, 0.1) is 35.5 Å². The average molecular weight is 244 g/mol. The summed E-state index contributed by atoms with van der Waals surface area (Å²) < 4.78 is 0. The number of hydrogen-bond donors (Lipinski definition) is 2. The normalized spacial score (nSPS) is 10.1. The van der Waals surface area contributed by atoms with Crippen LogP contribution in [0.4, 0.5) is 0 Å². The molecule has 3 heteroatoms. The predicted octanol–water partition coefficient (Wildman–Crippen LogP) is 1.22. The van der Waals surface area contributed by atoms with Crippen LogP contribution in [0.3, 0.4) is 0 Å². The summed E-state index contributed by atoms with van der Waals surface area (Å²) in [5.41, 5.74) is 0. The van der Waals surface area contributed by atoms with E-state index in [0.717, 1.165) is 16.2 Å². The third-order valence-corrected chi connectivity index (χ3v) is 2.57. The number of rotatable bonds is 1. The third-order valence-electron chi connectivity index (χ3n) is 1.65. The molecule has 1 rings (SSSR count). The van der Waals surface area contributed by atoms with Crippen molar-refractivity contribution in [2.45, 2.75) is 19.4 Å². The number of hydrogen-bond acceptors (Lipinski definition) is 3. The van der Waals surface area contributed by atoms with Gasteiger partial charge in [-0.05, 0) is 29.9 Å². The molecule has 1 aromatic rings. The second kappa shape index (κ2) is 7.55. The second-order valence-electron chi connectivity index (χ2n) is 3.04. The zero-order chi connectivity index (χ0) is 12.5. The highest BCUT2D eigenvalue weighted by atomic mass is 32.1. The molecule has 2 nitrogen and oxygen atoms in total. The van der Waals surface area contributed by atoms with Gasteiger partial charge >= 0.3 is 0 Å². The van der Waals surface area contributed by atoms with Crippen molar-refractivity contribution in [3.8, 4) is 35.5 Å². The summed E-state index contributed by atoms with van der Waals surface area (Å²) in [6.45, 7) is 1.62. The molecule has 2 N–H and O–H groups in total. The fourth-order valence-electron chi connectivity index (χ4n) is 0.898. The first-order valence-electron chi connectivity index (χ1n) is 5.15.